The average molecular weight is 555 g/mol. The summed E-state index contributed by atoms with van der Waals surface area (Å²) >= 11 is 2.83. The summed E-state index contributed by atoms with van der Waals surface area (Å²) in [5.74, 6) is 0.616. The van der Waals surface area contributed by atoms with E-state index >= 15 is 0 Å². The maximum Gasteiger partial charge on any atom is 0.280 e. The fraction of sp³-hybridized carbons (Fsp3) is 0.269. The molecule has 1 aliphatic heterocycles. The molecule has 0 spiro atoms. The lowest BCUT2D eigenvalue weighted by atomic mass is 10.0. The van der Waals surface area contributed by atoms with Crippen molar-refractivity contribution < 1.29 is 17.9 Å². The molecule has 0 saturated carbocycles. The third-order valence-corrected chi connectivity index (χ3v) is 9.84. The first kappa shape index (κ1) is 25.5. The molecule has 0 bridgehead atoms. The molecule has 8 nitrogen and oxygen atoms in total. The van der Waals surface area contributed by atoms with Crippen LogP contribution in [0, 0.1) is 5.92 Å². The van der Waals surface area contributed by atoms with Gasteiger partial charge >= 0.3 is 0 Å². The summed E-state index contributed by atoms with van der Waals surface area (Å²) in [4.78, 5) is 19.3. The van der Waals surface area contributed by atoms with Gasteiger partial charge in [-0.3, -0.25) is 4.79 Å². The smallest absolute Gasteiger partial charge is 0.280 e. The average Bonchev–Trinajstić information content (AvgIpc) is 3.58. The number of thiophene rings is 1. The van der Waals surface area contributed by atoms with Crippen LogP contribution in [-0.4, -0.2) is 50.0 Å². The Bertz CT molecular complexity index is 1530. The fourth-order valence-corrected chi connectivity index (χ4v) is 7.31. The summed E-state index contributed by atoms with van der Waals surface area (Å²) in [7, 11) is -2.02. The van der Waals surface area contributed by atoms with E-state index in [4.69, 9.17) is 4.74 Å². The number of carbonyl (C=O) groups is 1. The first-order chi connectivity index (χ1) is 17.8. The first-order valence-corrected chi connectivity index (χ1v) is 15.0. The summed E-state index contributed by atoms with van der Waals surface area (Å²) < 4.78 is 34.0. The number of aromatic nitrogens is 1. The van der Waals surface area contributed by atoms with Gasteiger partial charge in [0.15, 0.2) is 0 Å². The molecule has 5 rings (SSSR count). The van der Waals surface area contributed by atoms with Crippen LogP contribution in [0.3, 0.4) is 0 Å². The number of anilines is 1. The Morgan fingerprint density at radius 3 is 2.73 bits per heavy atom. The first-order valence-electron chi connectivity index (χ1n) is 11.8. The highest BCUT2D eigenvalue weighted by atomic mass is 32.2. The molecular weight excluding hydrogens is 529 g/mol. The van der Waals surface area contributed by atoms with Crippen LogP contribution in [0.2, 0.25) is 0 Å². The van der Waals surface area contributed by atoms with Gasteiger partial charge < -0.3 is 4.74 Å². The molecule has 1 fully saturated rings. The Morgan fingerprint density at radius 1 is 1.22 bits per heavy atom. The number of rotatable bonds is 7. The Kier molecular flexibility index (Phi) is 7.38. The van der Waals surface area contributed by atoms with Crippen LogP contribution in [0.4, 0.5) is 5.13 Å². The summed E-state index contributed by atoms with van der Waals surface area (Å²) in [5.41, 5.74) is 1.04. The monoisotopic (exact) mass is 554 g/mol. The van der Waals surface area contributed by atoms with Crippen molar-refractivity contribution >= 4 is 60.2 Å². The van der Waals surface area contributed by atoms with Crippen LogP contribution in [-0.2, 0) is 10.0 Å². The van der Waals surface area contributed by atoms with E-state index in [1.165, 1.54) is 56.3 Å². The second-order valence-electron chi connectivity index (χ2n) is 8.84. The Morgan fingerprint density at radius 2 is 2.03 bits per heavy atom. The predicted octanol–water partition coefficient (Wildman–Crippen LogP) is 5.47. The number of thiazole rings is 1. The van der Waals surface area contributed by atoms with Gasteiger partial charge in [-0.2, -0.15) is 14.4 Å². The number of hydrogen-bond acceptors (Lipinski definition) is 8. The minimum absolute atomic E-state index is 0.180. The third-order valence-electron chi connectivity index (χ3n) is 6.16. The van der Waals surface area contributed by atoms with Gasteiger partial charge in [-0.25, -0.2) is 13.4 Å². The zero-order valence-corrected chi connectivity index (χ0v) is 22.9. The van der Waals surface area contributed by atoms with E-state index < -0.39 is 15.9 Å². The SMILES string of the molecule is COc1ccc2nc(N(/N=C/c3cccs3)C(=O)c3ccc(S(=O)(=O)N4CCCC(C)C4)cc3)sc2c1. The van der Waals surface area contributed by atoms with E-state index in [1.807, 2.05) is 35.7 Å². The van der Waals surface area contributed by atoms with Crippen LogP contribution in [0.1, 0.15) is 35.0 Å². The molecule has 37 heavy (non-hydrogen) atoms. The van der Waals surface area contributed by atoms with Gasteiger partial charge in [0.1, 0.15) is 5.75 Å². The van der Waals surface area contributed by atoms with Crippen molar-refractivity contribution in [1.29, 1.82) is 0 Å². The van der Waals surface area contributed by atoms with E-state index in [9.17, 15) is 13.2 Å². The van der Waals surface area contributed by atoms with Crippen LogP contribution in [0.25, 0.3) is 10.2 Å². The molecule has 2 aromatic carbocycles. The maximum atomic E-state index is 13.6. The number of piperidine rings is 1. The second-order valence-corrected chi connectivity index (χ2v) is 12.8. The molecule has 1 unspecified atom stereocenters. The number of nitrogens with zero attached hydrogens (tertiary/aromatic N) is 4. The lowest BCUT2D eigenvalue weighted by Crippen LogP contribution is -2.39. The largest absolute Gasteiger partial charge is 0.497 e. The maximum absolute atomic E-state index is 13.6. The number of amides is 1. The van der Waals surface area contributed by atoms with E-state index in [0.29, 0.717) is 35.5 Å². The molecule has 1 saturated heterocycles. The number of hydrogen-bond donors (Lipinski definition) is 0. The van der Waals surface area contributed by atoms with Crippen molar-refractivity contribution in [3.8, 4) is 5.75 Å². The van der Waals surface area contributed by atoms with Gasteiger partial charge in [0.05, 0.1) is 28.4 Å². The van der Waals surface area contributed by atoms with Crippen molar-refractivity contribution in [2.75, 3.05) is 25.2 Å². The number of hydrazone groups is 1. The zero-order valence-electron chi connectivity index (χ0n) is 20.4. The Labute approximate surface area is 223 Å². The van der Waals surface area contributed by atoms with E-state index in [0.717, 1.165) is 27.9 Å². The number of benzene rings is 2. The van der Waals surface area contributed by atoms with Gasteiger partial charge in [0.25, 0.3) is 5.91 Å². The quantitative estimate of drug-likeness (QED) is 0.223. The van der Waals surface area contributed by atoms with Gasteiger partial charge in [-0.05, 0) is 72.7 Å². The van der Waals surface area contributed by atoms with Crippen LogP contribution >= 0.6 is 22.7 Å². The highest BCUT2D eigenvalue weighted by molar-refractivity contribution is 7.89. The molecule has 1 atom stereocenters. The van der Waals surface area contributed by atoms with E-state index in [2.05, 4.69) is 17.0 Å². The van der Waals surface area contributed by atoms with Crippen molar-refractivity contribution in [2.45, 2.75) is 24.7 Å². The molecule has 0 radical (unpaired) electrons. The molecule has 11 heteroatoms. The molecule has 1 amide bonds. The summed E-state index contributed by atoms with van der Waals surface area (Å²) in [6, 6.07) is 15.4. The molecule has 192 valence electrons. The second kappa shape index (κ2) is 10.7. The number of carbonyl (C=O) groups excluding carboxylic acids is 1. The lowest BCUT2D eigenvalue weighted by molar-refractivity contribution is 0.0987. The van der Waals surface area contributed by atoms with E-state index in [-0.39, 0.29) is 4.90 Å². The molecule has 1 aliphatic rings. The molecular formula is C26H26N4O4S3. The standard InChI is InChI=1S/C26H26N4O4S3/c1-18-5-3-13-29(17-18)37(32,33)22-10-7-19(8-11-22)25(31)30(27-16-21-6-4-14-35-21)26-28-23-12-9-20(34-2)15-24(23)36-26/h4,6-12,14-16,18H,3,5,13,17H2,1-2H3/b27-16+. The summed E-state index contributed by atoms with van der Waals surface area (Å²) in [5, 5.41) is 8.05. The molecule has 0 aliphatic carbocycles. The van der Waals surface area contributed by atoms with E-state index in [1.54, 1.807) is 13.3 Å². The number of ether oxygens (including phenoxy) is 1. The van der Waals surface area contributed by atoms with Gasteiger partial charge in [-0.1, -0.05) is 24.3 Å². The number of methoxy groups -OCH3 is 1. The lowest BCUT2D eigenvalue weighted by Gasteiger charge is -2.30. The Balaban J connectivity index is 1.46. The topological polar surface area (TPSA) is 92.2 Å². The molecule has 2 aromatic heterocycles. The number of fused-ring (bicyclic) bond motifs is 1. The van der Waals surface area contributed by atoms with Gasteiger partial charge in [0.2, 0.25) is 15.2 Å². The third kappa shape index (κ3) is 5.45. The number of sulfonamides is 1. The molecule has 4 aromatic rings. The van der Waals surface area contributed by atoms with Gasteiger partial charge in [-0.15, -0.1) is 11.3 Å². The van der Waals surface area contributed by atoms with Gasteiger partial charge in [0, 0.05) is 23.5 Å². The predicted molar refractivity (Wildman–Crippen MR) is 148 cm³/mol. The Hall–Kier alpha value is -3.12. The highest BCUT2D eigenvalue weighted by Gasteiger charge is 2.29. The minimum Gasteiger partial charge on any atom is -0.497 e. The fourth-order valence-electron chi connectivity index (χ4n) is 4.18. The van der Waals surface area contributed by atoms with Crippen LogP contribution < -0.4 is 9.75 Å². The van der Waals surface area contributed by atoms with Crippen LogP contribution in [0.15, 0.2) is 70.0 Å². The molecule has 3 heterocycles. The van der Waals surface area contributed by atoms with Crippen molar-refractivity contribution in [1.82, 2.24) is 9.29 Å². The normalized spacial score (nSPS) is 16.9. The summed E-state index contributed by atoms with van der Waals surface area (Å²) in [6.07, 6.45) is 3.49. The highest BCUT2D eigenvalue weighted by Crippen LogP contribution is 2.33. The van der Waals surface area contributed by atoms with Crippen LogP contribution in [0.5, 0.6) is 5.75 Å². The summed E-state index contributed by atoms with van der Waals surface area (Å²) in [6.45, 7) is 3.09. The van der Waals surface area contributed by atoms with Crippen molar-refractivity contribution in [3.63, 3.8) is 0 Å². The molecule has 0 N–H and O–H groups in total. The van der Waals surface area contributed by atoms with Crippen molar-refractivity contribution in [2.24, 2.45) is 11.0 Å². The van der Waals surface area contributed by atoms with Crippen molar-refractivity contribution in [3.05, 3.63) is 70.4 Å². The minimum atomic E-state index is -3.62. The zero-order chi connectivity index (χ0) is 26.0.